The van der Waals surface area contributed by atoms with E-state index in [1.54, 1.807) is 0 Å². The normalized spacial score (nSPS) is 34.5. The fourth-order valence-corrected chi connectivity index (χ4v) is 4.37. The van der Waals surface area contributed by atoms with Gasteiger partial charge in [-0.15, -0.1) is 0 Å². The smallest absolute Gasteiger partial charge is 0.0548 e. The first-order chi connectivity index (χ1) is 10.7. The first-order valence-electron chi connectivity index (χ1n) is 9.60. The Kier molecular flexibility index (Phi) is 8.15. The van der Waals surface area contributed by atoms with Gasteiger partial charge in [0.25, 0.3) is 0 Å². The van der Waals surface area contributed by atoms with Crippen molar-refractivity contribution in [2.75, 3.05) is 19.6 Å². The van der Waals surface area contributed by atoms with Crippen molar-refractivity contribution in [3.05, 3.63) is 0 Å². The lowest BCUT2D eigenvalue weighted by molar-refractivity contribution is 0.239. The summed E-state index contributed by atoms with van der Waals surface area (Å²) in [5.41, 5.74) is 17.8. The van der Waals surface area contributed by atoms with Crippen LogP contribution in [0, 0.1) is 23.7 Å². The van der Waals surface area contributed by atoms with E-state index >= 15 is 0 Å². The van der Waals surface area contributed by atoms with E-state index in [0.29, 0.717) is 0 Å². The monoisotopic (exact) mass is 310 g/mol. The van der Waals surface area contributed by atoms with Crippen LogP contribution < -0.4 is 22.5 Å². The molecule has 22 heavy (non-hydrogen) atoms. The van der Waals surface area contributed by atoms with Gasteiger partial charge >= 0.3 is 0 Å². The number of rotatable bonds is 8. The van der Waals surface area contributed by atoms with E-state index in [0.717, 1.165) is 49.7 Å². The Hall–Kier alpha value is -0.160. The molecule has 0 bridgehead atoms. The highest BCUT2D eigenvalue weighted by Crippen LogP contribution is 2.31. The molecule has 1 unspecified atom stereocenters. The van der Waals surface area contributed by atoms with Crippen molar-refractivity contribution in [1.82, 2.24) is 5.32 Å². The van der Waals surface area contributed by atoms with Crippen LogP contribution in [-0.4, -0.2) is 25.8 Å². The lowest BCUT2D eigenvalue weighted by atomic mass is 9.80. The van der Waals surface area contributed by atoms with Gasteiger partial charge in [0.15, 0.2) is 0 Å². The molecule has 0 aromatic rings. The first-order valence-corrected chi connectivity index (χ1v) is 9.60. The Morgan fingerprint density at radius 3 is 1.68 bits per heavy atom. The van der Waals surface area contributed by atoms with Crippen molar-refractivity contribution in [2.45, 2.75) is 70.4 Å². The van der Waals surface area contributed by atoms with Crippen LogP contribution in [0.15, 0.2) is 0 Å². The molecule has 0 amide bonds. The van der Waals surface area contributed by atoms with Gasteiger partial charge in [0, 0.05) is 0 Å². The zero-order chi connectivity index (χ0) is 15.8. The maximum absolute atomic E-state index is 6.28. The van der Waals surface area contributed by atoms with Gasteiger partial charge in [-0.05, 0) is 81.8 Å². The third kappa shape index (κ3) is 6.15. The van der Waals surface area contributed by atoms with E-state index < -0.39 is 0 Å². The van der Waals surface area contributed by atoms with Crippen molar-refractivity contribution in [3.63, 3.8) is 0 Å². The van der Waals surface area contributed by atoms with Crippen LogP contribution in [0.4, 0.5) is 0 Å². The Bertz CT molecular complexity index is 281. The summed E-state index contributed by atoms with van der Waals surface area (Å²) in [7, 11) is 0. The quantitative estimate of drug-likeness (QED) is 0.517. The Labute approximate surface area is 137 Å². The fraction of sp³-hybridized carbons (Fsp3) is 1.00. The number of nitrogens with one attached hydrogen (secondary N) is 1. The average Bonchev–Trinajstić information content (AvgIpc) is 2.56. The molecule has 1 atom stereocenters. The highest BCUT2D eigenvalue weighted by Gasteiger charge is 2.22. The number of hydrogen-bond donors (Lipinski definition) is 4. The molecule has 7 N–H and O–H groups in total. The predicted molar refractivity (Wildman–Crippen MR) is 94.2 cm³/mol. The molecule has 2 saturated carbocycles. The Balaban J connectivity index is 1.52. The zero-order valence-corrected chi connectivity index (χ0v) is 14.3. The molecular weight excluding hydrogens is 272 g/mol. The second-order valence-electron chi connectivity index (χ2n) is 7.83. The summed E-state index contributed by atoms with van der Waals surface area (Å²) in [5, 5.41) is 3.56. The van der Waals surface area contributed by atoms with Crippen molar-refractivity contribution < 1.29 is 0 Å². The van der Waals surface area contributed by atoms with Crippen LogP contribution in [0.3, 0.4) is 0 Å². The van der Waals surface area contributed by atoms with Crippen LogP contribution in [0.25, 0.3) is 0 Å². The van der Waals surface area contributed by atoms with E-state index in [-0.39, 0.29) is 6.17 Å². The third-order valence-corrected chi connectivity index (χ3v) is 6.15. The molecule has 0 aromatic carbocycles. The molecule has 4 heteroatoms. The SMILES string of the molecule is NCC1CCC(CCNC(N)CC2CCC(CN)CC2)CC1. The zero-order valence-electron chi connectivity index (χ0n) is 14.3. The minimum absolute atomic E-state index is 0.180. The largest absolute Gasteiger partial charge is 0.330 e. The van der Waals surface area contributed by atoms with Gasteiger partial charge in [0.05, 0.1) is 6.17 Å². The van der Waals surface area contributed by atoms with Crippen LogP contribution in [0.1, 0.15) is 64.2 Å². The van der Waals surface area contributed by atoms with Gasteiger partial charge in [-0.25, -0.2) is 0 Å². The second kappa shape index (κ2) is 9.86. The van der Waals surface area contributed by atoms with Gasteiger partial charge in [-0.1, -0.05) is 25.7 Å². The molecule has 0 aliphatic heterocycles. The molecule has 0 heterocycles. The summed E-state index contributed by atoms with van der Waals surface area (Å²) >= 11 is 0. The van der Waals surface area contributed by atoms with E-state index in [1.807, 2.05) is 0 Å². The molecule has 2 aliphatic rings. The second-order valence-corrected chi connectivity index (χ2v) is 7.83. The van der Waals surface area contributed by atoms with Gasteiger partial charge < -0.3 is 22.5 Å². The summed E-state index contributed by atoms with van der Waals surface area (Å²) < 4.78 is 0. The first kappa shape index (κ1) is 18.2. The maximum atomic E-state index is 6.28. The van der Waals surface area contributed by atoms with Crippen LogP contribution in [0.2, 0.25) is 0 Å². The lowest BCUT2D eigenvalue weighted by Crippen LogP contribution is -2.40. The third-order valence-electron chi connectivity index (χ3n) is 6.15. The van der Waals surface area contributed by atoms with Crippen molar-refractivity contribution >= 4 is 0 Å². The minimum Gasteiger partial charge on any atom is -0.330 e. The molecular formula is C18H38N4. The molecule has 2 fully saturated rings. The molecule has 0 saturated heterocycles. The minimum atomic E-state index is 0.180. The van der Waals surface area contributed by atoms with Crippen molar-refractivity contribution in [1.29, 1.82) is 0 Å². The molecule has 2 rings (SSSR count). The predicted octanol–water partition coefficient (Wildman–Crippen LogP) is 2.17. The van der Waals surface area contributed by atoms with E-state index in [1.165, 1.54) is 57.8 Å². The van der Waals surface area contributed by atoms with Gasteiger partial charge in [-0.3, -0.25) is 0 Å². The molecule has 130 valence electrons. The van der Waals surface area contributed by atoms with Crippen molar-refractivity contribution in [3.8, 4) is 0 Å². The highest BCUT2D eigenvalue weighted by molar-refractivity contribution is 4.77. The number of hydrogen-bond acceptors (Lipinski definition) is 4. The highest BCUT2D eigenvalue weighted by atomic mass is 15.0. The van der Waals surface area contributed by atoms with Gasteiger partial charge in [0.1, 0.15) is 0 Å². The standard InChI is InChI=1S/C18H38N4/c19-12-16-5-1-14(2-6-16)9-10-22-18(21)11-15-3-7-17(13-20)8-4-15/h14-18,22H,1-13,19-21H2. The summed E-state index contributed by atoms with van der Waals surface area (Å²) in [6, 6.07) is 0. The average molecular weight is 311 g/mol. The maximum Gasteiger partial charge on any atom is 0.0548 e. The Morgan fingerprint density at radius 2 is 1.18 bits per heavy atom. The van der Waals surface area contributed by atoms with E-state index in [4.69, 9.17) is 17.2 Å². The summed E-state index contributed by atoms with van der Waals surface area (Å²) in [6.45, 7) is 2.82. The molecule has 4 nitrogen and oxygen atoms in total. The topological polar surface area (TPSA) is 90.1 Å². The Morgan fingerprint density at radius 1 is 0.727 bits per heavy atom. The van der Waals surface area contributed by atoms with Gasteiger partial charge in [-0.2, -0.15) is 0 Å². The summed E-state index contributed by atoms with van der Waals surface area (Å²) in [5.74, 6) is 3.26. The molecule has 0 spiro atoms. The van der Waals surface area contributed by atoms with E-state index in [9.17, 15) is 0 Å². The van der Waals surface area contributed by atoms with Gasteiger partial charge in [0.2, 0.25) is 0 Å². The lowest BCUT2D eigenvalue weighted by Gasteiger charge is -2.30. The molecule has 2 aliphatic carbocycles. The number of nitrogens with two attached hydrogens (primary N) is 3. The molecule has 0 aromatic heterocycles. The van der Waals surface area contributed by atoms with Crippen molar-refractivity contribution in [2.24, 2.45) is 40.9 Å². The summed E-state index contributed by atoms with van der Waals surface area (Å²) in [6.07, 6.45) is 13.2. The summed E-state index contributed by atoms with van der Waals surface area (Å²) in [4.78, 5) is 0. The molecule has 0 radical (unpaired) electrons. The van der Waals surface area contributed by atoms with Crippen LogP contribution >= 0.6 is 0 Å². The van der Waals surface area contributed by atoms with Crippen LogP contribution in [-0.2, 0) is 0 Å². The van der Waals surface area contributed by atoms with E-state index in [2.05, 4.69) is 5.32 Å². The van der Waals surface area contributed by atoms with Crippen LogP contribution in [0.5, 0.6) is 0 Å². The fourth-order valence-electron chi connectivity index (χ4n) is 4.37.